The molecule has 1 aliphatic rings. The van der Waals surface area contributed by atoms with Crippen molar-refractivity contribution in [1.29, 1.82) is 0 Å². The Bertz CT molecular complexity index is 1100. The molecule has 6 nitrogen and oxygen atoms in total. The molecule has 0 bridgehead atoms. The standard InChI is InChI=1S/C26H32ClF3N2O4/c1-14-5-7-19(18(27)9-14)31-20(33)12-16(6-8-21(34)35)23-22(26(28,29)30)24(36-32-23)17-10-15(11-17)13-25(2,3)4/h5,7,9,15-17H,6,8,10-13H2,1-4H3,(H,31,33)(H,34,35)/t15?,16-,17?/m1/s1. The molecule has 1 fully saturated rings. The Balaban J connectivity index is 1.85. The fourth-order valence-electron chi connectivity index (χ4n) is 4.92. The molecule has 2 N–H and O–H groups in total. The van der Waals surface area contributed by atoms with Crippen molar-refractivity contribution in [3.8, 4) is 0 Å². The molecule has 3 rings (SSSR count). The zero-order chi connectivity index (χ0) is 26.8. The van der Waals surface area contributed by atoms with Gasteiger partial charge in [-0.3, -0.25) is 9.59 Å². The van der Waals surface area contributed by atoms with Crippen molar-refractivity contribution in [3.05, 3.63) is 45.8 Å². The molecule has 1 aliphatic carbocycles. The third kappa shape index (κ3) is 7.24. The number of alkyl halides is 3. The highest BCUT2D eigenvalue weighted by molar-refractivity contribution is 6.33. The molecule has 0 unspecified atom stereocenters. The number of rotatable bonds is 9. The fourth-order valence-corrected chi connectivity index (χ4v) is 5.20. The summed E-state index contributed by atoms with van der Waals surface area (Å²) in [6, 6.07) is 4.98. The van der Waals surface area contributed by atoms with Crippen LogP contribution in [0.4, 0.5) is 18.9 Å². The molecule has 0 radical (unpaired) electrons. The Morgan fingerprint density at radius 1 is 1.25 bits per heavy atom. The monoisotopic (exact) mass is 528 g/mol. The number of anilines is 1. The van der Waals surface area contributed by atoms with Crippen LogP contribution in [-0.4, -0.2) is 22.1 Å². The van der Waals surface area contributed by atoms with Crippen LogP contribution in [0.15, 0.2) is 22.7 Å². The van der Waals surface area contributed by atoms with Crippen molar-refractivity contribution in [3.63, 3.8) is 0 Å². The number of amides is 1. The van der Waals surface area contributed by atoms with E-state index < -0.39 is 54.0 Å². The topological polar surface area (TPSA) is 92.4 Å². The number of hydrogen-bond donors (Lipinski definition) is 2. The smallest absolute Gasteiger partial charge is 0.421 e. The van der Waals surface area contributed by atoms with Gasteiger partial charge >= 0.3 is 12.1 Å². The lowest BCUT2D eigenvalue weighted by Crippen LogP contribution is -2.27. The minimum Gasteiger partial charge on any atom is -0.481 e. The summed E-state index contributed by atoms with van der Waals surface area (Å²) in [6.07, 6.45) is -3.73. The van der Waals surface area contributed by atoms with E-state index in [1.807, 2.05) is 6.92 Å². The van der Waals surface area contributed by atoms with E-state index >= 15 is 0 Å². The molecule has 1 aromatic carbocycles. The zero-order valence-electron chi connectivity index (χ0n) is 20.8. The zero-order valence-corrected chi connectivity index (χ0v) is 21.6. The quantitative estimate of drug-likeness (QED) is 0.350. The first-order valence-electron chi connectivity index (χ1n) is 12.0. The SMILES string of the molecule is Cc1ccc(NC(=O)C[C@@H](CCC(=O)O)c2noc(C3CC(CC(C)(C)C)C3)c2C(F)(F)F)c(Cl)c1. The number of nitrogens with one attached hydrogen (secondary N) is 1. The van der Waals surface area contributed by atoms with E-state index in [2.05, 4.69) is 31.2 Å². The molecular formula is C26H32ClF3N2O4. The van der Waals surface area contributed by atoms with Crippen molar-refractivity contribution in [2.24, 2.45) is 11.3 Å². The van der Waals surface area contributed by atoms with E-state index in [1.165, 1.54) is 0 Å². The Morgan fingerprint density at radius 2 is 1.92 bits per heavy atom. The molecule has 1 amide bonds. The third-order valence-corrected chi connectivity index (χ3v) is 6.77. The second kappa shape index (κ2) is 10.8. The molecule has 0 saturated heterocycles. The van der Waals surface area contributed by atoms with Gasteiger partial charge < -0.3 is 14.9 Å². The predicted molar refractivity (Wildman–Crippen MR) is 130 cm³/mol. The molecule has 10 heteroatoms. The van der Waals surface area contributed by atoms with Gasteiger partial charge in [0.15, 0.2) is 5.76 Å². The summed E-state index contributed by atoms with van der Waals surface area (Å²) in [5.74, 6) is -3.19. The van der Waals surface area contributed by atoms with Gasteiger partial charge in [-0.2, -0.15) is 13.2 Å². The number of carboxylic acid groups (broad SMARTS) is 1. The van der Waals surface area contributed by atoms with Gasteiger partial charge in [-0.25, -0.2) is 0 Å². The van der Waals surface area contributed by atoms with Crippen LogP contribution in [0.25, 0.3) is 0 Å². The Morgan fingerprint density at radius 3 is 2.47 bits per heavy atom. The molecule has 1 atom stereocenters. The van der Waals surface area contributed by atoms with Crippen LogP contribution in [0, 0.1) is 18.3 Å². The molecule has 0 spiro atoms. The van der Waals surface area contributed by atoms with Crippen LogP contribution in [0.2, 0.25) is 5.02 Å². The third-order valence-electron chi connectivity index (χ3n) is 6.46. The van der Waals surface area contributed by atoms with Gasteiger partial charge in [0.05, 0.1) is 16.4 Å². The number of benzene rings is 1. The van der Waals surface area contributed by atoms with Gasteiger partial charge in [0.2, 0.25) is 5.91 Å². The highest BCUT2D eigenvalue weighted by Crippen LogP contribution is 2.51. The van der Waals surface area contributed by atoms with Crippen LogP contribution in [0.5, 0.6) is 0 Å². The Labute approximate surface area is 213 Å². The lowest BCUT2D eigenvalue weighted by Gasteiger charge is -2.38. The predicted octanol–water partition coefficient (Wildman–Crippen LogP) is 7.56. The van der Waals surface area contributed by atoms with E-state index in [4.69, 9.17) is 21.2 Å². The van der Waals surface area contributed by atoms with Crippen molar-refractivity contribution < 1.29 is 32.4 Å². The maximum absolute atomic E-state index is 14.2. The van der Waals surface area contributed by atoms with E-state index in [1.54, 1.807) is 18.2 Å². The lowest BCUT2D eigenvalue weighted by molar-refractivity contribution is -0.140. The average molecular weight is 529 g/mol. The number of carboxylic acids is 1. The molecule has 0 aliphatic heterocycles. The van der Waals surface area contributed by atoms with Gasteiger partial charge in [-0.05, 0) is 61.6 Å². The van der Waals surface area contributed by atoms with Crippen molar-refractivity contribution in [1.82, 2.24) is 5.16 Å². The minimum absolute atomic E-state index is 0.0741. The summed E-state index contributed by atoms with van der Waals surface area (Å²) >= 11 is 6.16. The van der Waals surface area contributed by atoms with Gasteiger partial charge in [-0.15, -0.1) is 0 Å². The molecule has 1 saturated carbocycles. The second-order valence-corrected chi connectivity index (χ2v) is 11.4. The largest absolute Gasteiger partial charge is 0.481 e. The van der Waals surface area contributed by atoms with E-state index in [0.29, 0.717) is 29.5 Å². The van der Waals surface area contributed by atoms with Gasteiger partial charge in [0.25, 0.3) is 0 Å². The van der Waals surface area contributed by atoms with Crippen LogP contribution in [0.1, 0.15) is 93.7 Å². The summed E-state index contributed by atoms with van der Waals surface area (Å²) in [6.45, 7) is 8.11. The maximum Gasteiger partial charge on any atom is 0.421 e. The van der Waals surface area contributed by atoms with Crippen LogP contribution in [-0.2, 0) is 15.8 Å². The number of carbonyl (C=O) groups excluding carboxylic acids is 1. The highest BCUT2D eigenvalue weighted by atomic mass is 35.5. The summed E-state index contributed by atoms with van der Waals surface area (Å²) < 4.78 is 47.9. The number of hydrogen-bond acceptors (Lipinski definition) is 4. The number of halogens is 4. The molecule has 198 valence electrons. The minimum atomic E-state index is -4.75. The fraction of sp³-hybridized carbons (Fsp3) is 0.577. The number of carbonyl (C=O) groups is 2. The maximum atomic E-state index is 14.2. The van der Waals surface area contributed by atoms with E-state index in [9.17, 15) is 22.8 Å². The summed E-state index contributed by atoms with van der Waals surface area (Å²) in [7, 11) is 0. The first-order valence-corrected chi connectivity index (χ1v) is 12.4. The van der Waals surface area contributed by atoms with E-state index in [0.717, 1.165) is 12.0 Å². The number of aliphatic carboxylic acids is 1. The van der Waals surface area contributed by atoms with Crippen molar-refractivity contribution >= 4 is 29.2 Å². The second-order valence-electron chi connectivity index (χ2n) is 11.0. The number of aromatic nitrogens is 1. The van der Waals surface area contributed by atoms with Gasteiger partial charge in [-0.1, -0.05) is 43.6 Å². The first kappa shape index (κ1) is 28.0. The lowest BCUT2D eigenvalue weighted by atomic mass is 9.67. The van der Waals surface area contributed by atoms with Gasteiger partial charge in [0.1, 0.15) is 5.56 Å². The molecule has 36 heavy (non-hydrogen) atoms. The normalized spacial score (nSPS) is 19.0. The van der Waals surface area contributed by atoms with Crippen LogP contribution >= 0.6 is 11.6 Å². The van der Waals surface area contributed by atoms with Crippen molar-refractivity contribution in [2.45, 2.75) is 84.2 Å². The molecule has 1 heterocycles. The Hall–Kier alpha value is -2.55. The van der Waals surface area contributed by atoms with E-state index in [-0.39, 0.29) is 17.6 Å². The summed E-state index contributed by atoms with van der Waals surface area (Å²) in [5.41, 5.74) is -0.116. The first-order chi connectivity index (χ1) is 16.6. The van der Waals surface area contributed by atoms with Crippen LogP contribution in [0.3, 0.4) is 0 Å². The summed E-state index contributed by atoms with van der Waals surface area (Å²) in [5, 5.41) is 15.8. The molecular weight excluding hydrogens is 497 g/mol. The van der Waals surface area contributed by atoms with Crippen molar-refractivity contribution in [2.75, 3.05) is 5.32 Å². The number of aryl methyl sites for hydroxylation is 1. The average Bonchev–Trinajstić information content (AvgIpc) is 3.14. The van der Waals surface area contributed by atoms with Gasteiger partial charge in [0, 0.05) is 24.7 Å². The highest BCUT2D eigenvalue weighted by Gasteiger charge is 2.47. The van der Waals surface area contributed by atoms with Crippen LogP contribution < -0.4 is 5.32 Å². The Kier molecular flexibility index (Phi) is 8.43. The molecule has 1 aromatic heterocycles. The summed E-state index contributed by atoms with van der Waals surface area (Å²) in [4.78, 5) is 24.0. The number of nitrogens with zero attached hydrogens (tertiary/aromatic N) is 1. The molecule has 2 aromatic rings.